The van der Waals surface area contributed by atoms with E-state index in [1.54, 1.807) is 6.20 Å². The number of aromatic nitrogens is 2. The predicted molar refractivity (Wildman–Crippen MR) is 122 cm³/mol. The van der Waals surface area contributed by atoms with Crippen LogP contribution in [0.3, 0.4) is 0 Å². The monoisotopic (exact) mass is 387 g/mol. The minimum atomic E-state index is -0.0853. The third-order valence-electron chi connectivity index (χ3n) is 5.18. The molecular formula is C25H29N3O. The molecule has 4 heteroatoms. The second-order valence-corrected chi connectivity index (χ2v) is 7.70. The van der Waals surface area contributed by atoms with E-state index in [9.17, 15) is 4.79 Å². The summed E-state index contributed by atoms with van der Waals surface area (Å²) in [7, 11) is 0. The quantitative estimate of drug-likeness (QED) is 0.368. The lowest BCUT2D eigenvalue weighted by Crippen LogP contribution is -2.17. The van der Waals surface area contributed by atoms with Crippen LogP contribution in [0.15, 0.2) is 71.0 Å². The van der Waals surface area contributed by atoms with Crippen molar-refractivity contribution in [1.29, 1.82) is 0 Å². The van der Waals surface area contributed by atoms with Crippen LogP contribution in [0, 0.1) is 0 Å². The van der Waals surface area contributed by atoms with Crippen molar-refractivity contribution in [2.24, 2.45) is 0 Å². The summed E-state index contributed by atoms with van der Waals surface area (Å²) in [5.41, 5.74) is 7.70. The number of rotatable bonds is 6. The maximum absolute atomic E-state index is 13.0. The molecule has 2 heterocycles. The first kappa shape index (κ1) is 20.6. The van der Waals surface area contributed by atoms with Gasteiger partial charge in [-0.2, -0.15) is 0 Å². The number of allylic oxidation sites excluding steroid dienone is 2. The highest BCUT2D eigenvalue weighted by Gasteiger charge is 2.16. The lowest BCUT2D eigenvalue weighted by molar-refractivity contribution is -0.112. The van der Waals surface area contributed by atoms with Crippen LogP contribution in [0.25, 0.3) is 22.3 Å². The van der Waals surface area contributed by atoms with Gasteiger partial charge in [0.15, 0.2) is 0 Å². The lowest BCUT2D eigenvalue weighted by Gasteiger charge is -2.14. The summed E-state index contributed by atoms with van der Waals surface area (Å²) < 4.78 is 0. The zero-order valence-electron chi connectivity index (χ0n) is 17.9. The van der Waals surface area contributed by atoms with Crippen LogP contribution in [0.4, 0.5) is 5.69 Å². The number of hydrogen-bond donors (Lipinski definition) is 2. The Morgan fingerprint density at radius 1 is 1.07 bits per heavy atom. The first-order chi connectivity index (χ1) is 13.9. The third kappa shape index (κ3) is 4.65. The summed E-state index contributed by atoms with van der Waals surface area (Å²) in [5.74, 6) is -0.0853. The van der Waals surface area contributed by atoms with Gasteiger partial charge in [-0.15, -0.1) is 0 Å². The molecule has 0 aliphatic carbocycles. The van der Waals surface area contributed by atoms with E-state index < -0.39 is 0 Å². The van der Waals surface area contributed by atoms with E-state index in [-0.39, 0.29) is 5.91 Å². The van der Waals surface area contributed by atoms with E-state index in [0.29, 0.717) is 5.69 Å². The molecule has 0 unspecified atom stereocenters. The molecule has 3 aromatic rings. The average Bonchev–Trinajstić information content (AvgIpc) is 3.12. The molecule has 0 aliphatic heterocycles. The topological polar surface area (TPSA) is 57.8 Å². The highest BCUT2D eigenvalue weighted by atomic mass is 16.1. The number of anilines is 1. The Hall–Kier alpha value is -3.14. The van der Waals surface area contributed by atoms with Crippen molar-refractivity contribution < 1.29 is 4.79 Å². The van der Waals surface area contributed by atoms with Crippen molar-refractivity contribution in [2.75, 3.05) is 5.32 Å². The Bertz CT molecular complexity index is 1080. The number of fused-ring (bicyclic) bond motifs is 1. The summed E-state index contributed by atoms with van der Waals surface area (Å²) in [4.78, 5) is 20.9. The van der Waals surface area contributed by atoms with Crippen LogP contribution >= 0.6 is 0 Å². The van der Waals surface area contributed by atoms with Gasteiger partial charge in [-0.3, -0.25) is 4.79 Å². The van der Waals surface area contributed by atoms with Gasteiger partial charge in [-0.1, -0.05) is 54.8 Å². The fourth-order valence-corrected chi connectivity index (χ4v) is 3.60. The van der Waals surface area contributed by atoms with Crippen LogP contribution in [-0.2, 0) is 4.79 Å². The zero-order chi connectivity index (χ0) is 21.0. The van der Waals surface area contributed by atoms with E-state index in [4.69, 9.17) is 0 Å². The number of amides is 1. The number of hydrogen-bond acceptors (Lipinski definition) is 2. The molecule has 0 atom stereocenters. The Balaban J connectivity index is 1.88. The van der Waals surface area contributed by atoms with Gasteiger partial charge in [-0.25, -0.2) is 4.98 Å². The van der Waals surface area contributed by atoms with Crippen LogP contribution in [0.1, 0.15) is 47.5 Å². The summed E-state index contributed by atoms with van der Waals surface area (Å²) in [6.45, 7) is 10.3. The average molecular weight is 388 g/mol. The molecule has 1 amide bonds. The highest BCUT2D eigenvalue weighted by molar-refractivity contribution is 6.08. The predicted octanol–water partition coefficient (Wildman–Crippen LogP) is 6.64. The zero-order valence-corrected chi connectivity index (χ0v) is 17.9. The number of benzene rings is 1. The molecule has 150 valence electrons. The summed E-state index contributed by atoms with van der Waals surface area (Å²) >= 11 is 0. The van der Waals surface area contributed by atoms with Crippen molar-refractivity contribution in [3.63, 3.8) is 0 Å². The summed E-state index contributed by atoms with van der Waals surface area (Å²) in [5, 5.41) is 4.00. The van der Waals surface area contributed by atoms with E-state index in [1.807, 2.05) is 45.0 Å². The summed E-state index contributed by atoms with van der Waals surface area (Å²) in [6, 6.07) is 14.2. The van der Waals surface area contributed by atoms with Crippen molar-refractivity contribution in [1.82, 2.24) is 9.97 Å². The first-order valence-electron chi connectivity index (χ1n) is 10.1. The Morgan fingerprint density at radius 2 is 1.79 bits per heavy atom. The number of carbonyl (C=O) groups is 1. The molecule has 3 rings (SSSR count). The molecule has 29 heavy (non-hydrogen) atoms. The molecule has 4 nitrogen and oxygen atoms in total. The van der Waals surface area contributed by atoms with Gasteiger partial charge in [0.25, 0.3) is 5.91 Å². The Labute approximate surface area is 172 Å². The highest BCUT2D eigenvalue weighted by Crippen LogP contribution is 2.26. The fourth-order valence-electron chi connectivity index (χ4n) is 3.60. The van der Waals surface area contributed by atoms with E-state index in [2.05, 4.69) is 47.3 Å². The summed E-state index contributed by atoms with van der Waals surface area (Å²) in [6.07, 6.45) is 3.76. The third-order valence-corrected chi connectivity index (χ3v) is 5.18. The van der Waals surface area contributed by atoms with Crippen molar-refractivity contribution in [3.05, 3.63) is 71.0 Å². The minimum absolute atomic E-state index is 0.0853. The van der Waals surface area contributed by atoms with Gasteiger partial charge in [-0.05, 0) is 57.4 Å². The van der Waals surface area contributed by atoms with Gasteiger partial charge in [0.05, 0.1) is 11.9 Å². The van der Waals surface area contributed by atoms with E-state index in [0.717, 1.165) is 51.9 Å². The van der Waals surface area contributed by atoms with Crippen LogP contribution < -0.4 is 5.32 Å². The molecular weight excluding hydrogens is 358 g/mol. The van der Waals surface area contributed by atoms with Gasteiger partial charge < -0.3 is 10.3 Å². The van der Waals surface area contributed by atoms with Crippen molar-refractivity contribution in [3.8, 4) is 11.3 Å². The molecule has 0 saturated carbocycles. The number of nitrogens with zero attached hydrogens (tertiary/aromatic N) is 1. The van der Waals surface area contributed by atoms with E-state index in [1.165, 1.54) is 5.57 Å². The van der Waals surface area contributed by atoms with Gasteiger partial charge in [0, 0.05) is 16.7 Å². The lowest BCUT2D eigenvalue weighted by atomic mass is 9.95. The SMILES string of the molecule is CCC/C(C)=C(/C)C(C(=O)Nc1cnc2[nH]c(-c3ccccc3)cc2c1)=C(C)C. The van der Waals surface area contributed by atoms with Crippen LogP contribution in [-0.4, -0.2) is 15.9 Å². The number of H-pyrrole nitrogens is 1. The van der Waals surface area contributed by atoms with E-state index >= 15 is 0 Å². The Kier molecular flexibility index (Phi) is 6.32. The standard InChI is InChI=1S/C25H29N3O/c1-6-10-17(4)18(5)23(16(2)3)25(29)27-21-13-20-14-22(28-24(20)26-15-21)19-11-8-7-9-12-19/h7-9,11-15H,6,10H2,1-5H3,(H,26,28)(H,27,29)/b18-17-. The molecule has 0 bridgehead atoms. The minimum Gasteiger partial charge on any atom is -0.339 e. The molecule has 1 aromatic carbocycles. The maximum Gasteiger partial charge on any atom is 0.255 e. The molecule has 0 spiro atoms. The fraction of sp³-hybridized carbons (Fsp3) is 0.280. The second-order valence-electron chi connectivity index (χ2n) is 7.70. The molecule has 2 N–H and O–H groups in total. The number of aromatic amines is 1. The van der Waals surface area contributed by atoms with Gasteiger partial charge in [0.2, 0.25) is 0 Å². The molecule has 2 aromatic heterocycles. The maximum atomic E-state index is 13.0. The van der Waals surface area contributed by atoms with Gasteiger partial charge in [0.1, 0.15) is 5.65 Å². The molecule has 0 aliphatic rings. The Morgan fingerprint density at radius 3 is 2.45 bits per heavy atom. The number of nitrogens with one attached hydrogen (secondary N) is 2. The van der Waals surface area contributed by atoms with Gasteiger partial charge >= 0.3 is 0 Å². The largest absolute Gasteiger partial charge is 0.339 e. The number of pyridine rings is 1. The van der Waals surface area contributed by atoms with Crippen molar-refractivity contribution >= 4 is 22.6 Å². The number of carbonyl (C=O) groups excluding carboxylic acids is 1. The normalized spacial score (nSPS) is 11.9. The smallest absolute Gasteiger partial charge is 0.255 e. The molecule has 0 fully saturated rings. The second kappa shape index (κ2) is 8.91. The van der Waals surface area contributed by atoms with Crippen LogP contribution in [0.2, 0.25) is 0 Å². The molecule has 0 saturated heterocycles. The van der Waals surface area contributed by atoms with Crippen molar-refractivity contribution in [2.45, 2.75) is 47.5 Å². The van der Waals surface area contributed by atoms with Crippen LogP contribution in [0.5, 0.6) is 0 Å². The molecule has 0 radical (unpaired) electrons. The first-order valence-corrected chi connectivity index (χ1v) is 10.1.